The van der Waals surface area contributed by atoms with Gasteiger partial charge in [0.05, 0.1) is 159 Å². The average Bonchev–Trinajstić information content (AvgIpc) is 3.00. The molecule has 0 aromatic carbocycles. The van der Waals surface area contributed by atoms with Crippen molar-refractivity contribution in [2.75, 3.05) is 172 Å². The van der Waals surface area contributed by atoms with Crippen molar-refractivity contribution in [1.29, 1.82) is 0 Å². The van der Waals surface area contributed by atoms with Crippen molar-refractivity contribution in [2.24, 2.45) is 0 Å². The lowest BCUT2D eigenvalue weighted by Gasteiger charge is -2.09. The van der Waals surface area contributed by atoms with E-state index in [4.69, 9.17) is 61.6 Å². The van der Waals surface area contributed by atoms with Gasteiger partial charge in [0.1, 0.15) is 13.3 Å². The van der Waals surface area contributed by atoms with Gasteiger partial charge in [-0.3, -0.25) is 4.79 Å². The van der Waals surface area contributed by atoms with Gasteiger partial charge in [-0.05, 0) is 0 Å². The molecule has 0 bridgehead atoms. The minimum atomic E-state index is -0.478. The van der Waals surface area contributed by atoms with Crippen LogP contribution in [-0.4, -0.2) is 178 Å². The van der Waals surface area contributed by atoms with Crippen LogP contribution in [0, 0.1) is 0 Å². The van der Waals surface area contributed by atoms with Crippen molar-refractivity contribution in [1.82, 2.24) is 0 Å². The molecule has 0 saturated heterocycles. The maximum Gasteiger partial charge on any atom is 0.302 e. The third kappa shape index (κ3) is 40.9. The monoisotopic (exact) mass is 634 g/mol. The van der Waals surface area contributed by atoms with Gasteiger partial charge in [-0.25, -0.2) is 4.39 Å². The van der Waals surface area contributed by atoms with E-state index in [0.717, 1.165) is 0 Å². The first-order valence-electron chi connectivity index (χ1n) is 14.9. The first-order chi connectivity index (χ1) is 21.3. The first-order valence-corrected chi connectivity index (χ1v) is 14.9. The third-order valence-corrected chi connectivity index (χ3v) is 4.85. The molecule has 258 valence electrons. The number of alkyl halides is 1. The smallest absolute Gasteiger partial charge is 0.302 e. The molecule has 0 spiro atoms. The molecule has 0 rings (SSSR count). The highest BCUT2D eigenvalue weighted by molar-refractivity contribution is 5.65. The van der Waals surface area contributed by atoms with Crippen LogP contribution in [0.1, 0.15) is 6.92 Å². The molecule has 0 heterocycles. The van der Waals surface area contributed by atoms with E-state index < -0.39 is 6.67 Å². The summed E-state index contributed by atoms with van der Waals surface area (Å²) in [6.07, 6.45) is 0. The molecule has 0 aliphatic heterocycles. The van der Waals surface area contributed by atoms with Crippen molar-refractivity contribution in [3.63, 3.8) is 0 Å². The number of hydrogen-bond donors (Lipinski definition) is 0. The Morgan fingerprint density at radius 3 is 0.651 bits per heavy atom. The van der Waals surface area contributed by atoms with Crippen molar-refractivity contribution in [3.05, 3.63) is 0 Å². The molecule has 0 atom stereocenters. The summed E-state index contributed by atoms with van der Waals surface area (Å²) in [6, 6.07) is 0. The normalized spacial score (nSPS) is 11.4. The zero-order valence-electron chi connectivity index (χ0n) is 26.0. The zero-order chi connectivity index (χ0) is 31.2. The van der Waals surface area contributed by atoms with E-state index in [-0.39, 0.29) is 19.2 Å². The minimum Gasteiger partial charge on any atom is -0.463 e. The number of ether oxygens (including phenoxy) is 13. The lowest BCUT2D eigenvalue weighted by atomic mass is 10.6. The van der Waals surface area contributed by atoms with Gasteiger partial charge in [0, 0.05) is 6.92 Å². The molecular formula is C28H55FO14. The van der Waals surface area contributed by atoms with E-state index in [1.807, 2.05) is 0 Å². The van der Waals surface area contributed by atoms with Crippen LogP contribution in [0.2, 0.25) is 0 Å². The summed E-state index contributed by atoms with van der Waals surface area (Å²) in [5.74, 6) is -0.314. The second-order valence-electron chi connectivity index (χ2n) is 8.38. The fourth-order valence-electron chi connectivity index (χ4n) is 2.82. The minimum absolute atomic E-state index is 0.110. The van der Waals surface area contributed by atoms with E-state index >= 15 is 0 Å². The summed E-state index contributed by atoms with van der Waals surface area (Å²) in [7, 11) is 0. The van der Waals surface area contributed by atoms with Crippen molar-refractivity contribution in [2.45, 2.75) is 6.92 Å². The van der Waals surface area contributed by atoms with Gasteiger partial charge in [0.25, 0.3) is 0 Å². The number of halogens is 1. The van der Waals surface area contributed by atoms with E-state index in [0.29, 0.717) is 152 Å². The van der Waals surface area contributed by atoms with Gasteiger partial charge >= 0.3 is 5.97 Å². The molecule has 43 heavy (non-hydrogen) atoms. The highest BCUT2D eigenvalue weighted by atomic mass is 19.1. The molecule has 0 saturated carbocycles. The molecule has 0 aliphatic carbocycles. The molecule has 0 fully saturated rings. The van der Waals surface area contributed by atoms with Crippen molar-refractivity contribution in [3.8, 4) is 0 Å². The number of carbonyl (C=O) groups is 1. The standard InChI is InChI=1S/C28H55FO14/c1-28(30)43-27-26-42-25-24-41-23-22-40-21-20-39-19-18-38-17-16-37-15-14-36-13-12-35-11-10-34-9-8-33-7-6-32-5-4-31-3-2-29/h2-27H2,1H3. The second-order valence-corrected chi connectivity index (χ2v) is 8.38. The van der Waals surface area contributed by atoms with Crippen LogP contribution in [0.5, 0.6) is 0 Å². The predicted molar refractivity (Wildman–Crippen MR) is 152 cm³/mol. The lowest BCUT2D eigenvalue weighted by molar-refractivity contribution is -0.142. The SMILES string of the molecule is CC(=O)OCCOCCOCCOCCOCCOCCOCCOCCOCCOCCOCCOCCOCCF. The molecule has 0 N–H and O–H groups in total. The molecule has 0 radical (unpaired) electrons. The van der Waals surface area contributed by atoms with Crippen LogP contribution in [0.4, 0.5) is 4.39 Å². The largest absolute Gasteiger partial charge is 0.463 e. The van der Waals surface area contributed by atoms with Crippen molar-refractivity contribution >= 4 is 5.97 Å². The molecule has 0 aliphatic rings. The fourth-order valence-corrected chi connectivity index (χ4v) is 2.82. The molecule has 0 amide bonds. The van der Waals surface area contributed by atoms with Crippen LogP contribution in [0.3, 0.4) is 0 Å². The summed E-state index contributed by atoms with van der Waals surface area (Å²) < 4.78 is 80.8. The van der Waals surface area contributed by atoms with E-state index in [1.54, 1.807) is 0 Å². The van der Waals surface area contributed by atoms with Crippen molar-refractivity contribution < 1.29 is 70.8 Å². The summed E-state index contributed by atoms with van der Waals surface area (Å²) in [5, 5.41) is 0. The van der Waals surface area contributed by atoms with E-state index in [2.05, 4.69) is 0 Å². The highest BCUT2D eigenvalue weighted by Gasteiger charge is 1.97. The Kier molecular flexibility index (Phi) is 38.0. The lowest BCUT2D eigenvalue weighted by Crippen LogP contribution is -2.15. The van der Waals surface area contributed by atoms with Gasteiger partial charge in [-0.2, -0.15) is 0 Å². The van der Waals surface area contributed by atoms with Gasteiger partial charge in [-0.15, -0.1) is 0 Å². The van der Waals surface area contributed by atoms with Gasteiger partial charge < -0.3 is 61.6 Å². The predicted octanol–water partition coefficient (Wildman–Crippen LogP) is 0.718. The summed E-state index contributed by atoms with van der Waals surface area (Å²) >= 11 is 0. The summed E-state index contributed by atoms with van der Waals surface area (Å²) in [6.45, 7) is 12.1. The highest BCUT2D eigenvalue weighted by Crippen LogP contribution is 1.87. The average molecular weight is 635 g/mol. The first kappa shape index (κ1) is 41.9. The molecule has 15 heteroatoms. The summed E-state index contributed by atoms with van der Waals surface area (Å²) in [5.41, 5.74) is 0. The molecule has 0 aromatic rings. The molecule has 0 aromatic heterocycles. The van der Waals surface area contributed by atoms with Gasteiger partial charge in [0.2, 0.25) is 0 Å². The van der Waals surface area contributed by atoms with Crippen LogP contribution in [0.25, 0.3) is 0 Å². The number of rotatable bonds is 38. The summed E-state index contributed by atoms with van der Waals surface area (Å²) in [4.78, 5) is 10.6. The van der Waals surface area contributed by atoms with Crippen LogP contribution >= 0.6 is 0 Å². The van der Waals surface area contributed by atoms with Gasteiger partial charge in [-0.1, -0.05) is 0 Å². The maximum atomic E-state index is 11.8. The van der Waals surface area contributed by atoms with E-state index in [9.17, 15) is 9.18 Å². The molecular weight excluding hydrogens is 579 g/mol. The van der Waals surface area contributed by atoms with Crippen LogP contribution in [0.15, 0.2) is 0 Å². The molecule has 0 unspecified atom stereocenters. The van der Waals surface area contributed by atoms with Crippen LogP contribution < -0.4 is 0 Å². The number of carbonyl (C=O) groups excluding carboxylic acids is 1. The second kappa shape index (κ2) is 38.9. The fraction of sp³-hybridized carbons (Fsp3) is 0.964. The Balaban J connectivity index is 3.03. The van der Waals surface area contributed by atoms with E-state index in [1.165, 1.54) is 6.92 Å². The zero-order valence-corrected chi connectivity index (χ0v) is 26.0. The Labute approximate surface area is 255 Å². The quantitative estimate of drug-likeness (QED) is 0.0697. The maximum absolute atomic E-state index is 11.8. The van der Waals surface area contributed by atoms with Crippen LogP contribution in [-0.2, 0) is 66.4 Å². The molecule has 14 nitrogen and oxygen atoms in total. The topological polar surface area (TPSA) is 137 Å². The Bertz CT molecular complexity index is 536. The Morgan fingerprint density at radius 2 is 0.488 bits per heavy atom. The Hall–Kier alpha value is -1.08. The third-order valence-electron chi connectivity index (χ3n) is 4.85. The number of hydrogen-bond acceptors (Lipinski definition) is 14. The Morgan fingerprint density at radius 1 is 0.326 bits per heavy atom. The van der Waals surface area contributed by atoms with Gasteiger partial charge in [0.15, 0.2) is 0 Å². The number of esters is 1.